The van der Waals surface area contributed by atoms with Crippen LogP contribution >= 0.6 is 0 Å². The lowest BCUT2D eigenvalue weighted by molar-refractivity contribution is -0.122. The molecule has 0 unspecified atom stereocenters. The maximum absolute atomic E-state index is 12.1. The third-order valence-corrected chi connectivity index (χ3v) is 3.44. The van der Waals surface area contributed by atoms with Gasteiger partial charge in [-0.3, -0.25) is 4.79 Å². The Morgan fingerprint density at radius 1 is 1.35 bits per heavy atom. The van der Waals surface area contributed by atoms with Gasteiger partial charge < -0.3 is 15.5 Å². The van der Waals surface area contributed by atoms with Gasteiger partial charge in [0.1, 0.15) is 6.04 Å². The Labute approximate surface area is 119 Å². The minimum Gasteiger partial charge on any atom is -0.354 e. The number of carbonyl (C=O) groups is 2. The summed E-state index contributed by atoms with van der Waals surface area (Å²) >= 11 is 0. The number of carbonyl (C=O) groups excluding carboxylic acids is 2. The smallest absolute Gasteiger partial charge is 0.318 e. The molecule has 0 radical (unpaired) electrons. The van der Waals surface area contributed by atoms with Crippen molar-refractivity contribution in [3.8, 4) is 0 Å². The van der Waals surface area contributed by atoms with Crippen LogP contribution in [0.5, 0.6) is 0 Å². The summed E-state index contributed by atoms with van der Waals surface area (Å²) in [4.78, 5) is 25.5. The highest BCUT2D eigenvalue weighted by molar-refractivity contribution is 5.87. The van der Waals surface area contributed by atoms with Crippen LogP contribution in [0.25, 0.3) is 0 Å². The fraction of sp³-hybridized carbons (Fsp3) is 0.467. The fourth-order valence-corrected chi connectivity index (χ4v) is 2.27. The van der Waals surface area contributed by atoms with Crippen LogP contribution in [0, 0.1) is 0 Å². The summed E-state index contributed by atoms with van der Waals surface area (Å²) in [5.41, 5.74) is 1.07. The molecular weight excluding hydrogens is 254 g/mol. The van der Waals surface area contributed by atoms with Crippen LogP contribution < -0.4 is 10.6 Å². The number of benzene rings is 1. The number of hydrogen-bond donors (Lipinski definition) is 2. The molecule has 1 aliphatic heterocycles. The second kappa shape index (κ2) is 6.93. The van der Waals surface area contributed by atoms with Crippen molar-refractivity contribution in [2.24, 2.45) is 0 Å². The van der Waals surface area contributed by atoms with E-state index in [1.165, 1.54) is 0 Å². The Morgan fingerprint density at radius 3 is 2.85 bits per heavy atom. The van der Waals surface area contributed by atoms with E-state index in [2.05, 4.69) is 10.6 Å². The summed E-state index contributed by atoms with van der Waals surface area (Å²) in [6.45, 7) is 1.23. The average molecular weight is 275 g/mol. The Hall–Kier alpha value is -2.04. The maximum Gasteiger partial charge on any atom is 0.318 e. The van der Waals surface area contributed by atoms with Crippen LogP contribution in [-0.2, 0) is 11.3 Å². The molecule has 3 amide bonds. The van der Waals surface area contributed by atoms with Gasteiger partial charge >= 0.3 is 6.03 Å². The molecule has 1 fully saturated rings. The molecule has 0 aliphatic carbocycles. The molecular formula is C15H21N3O2. The number of amides is 3. The van der Waals surface area contributed by atoms with Crippen molar-refractivity contribution in [3.63, 3.8) is 0 Å². The van der Waals surface area contributed by atoms with Crippen LogP contribution in [0.3, 0.4) is 0 Å². The number of urea groups is 1. The zero-order chi connectivity index (χ0) is 14.4. The average Bonchev–Trinajstić information content (AvgIpc) is 2.65. The van der Waals surface area contributed by atoms with Crippen molar-refractivity contribution in [2.45, 2.75) is 31.8 Å². The van der Waals surface area contributed by atoms with E-state index >= 15 is 0 Å². The summed E-state index contributed by atoms with van der Waals surface area (Å²) in [7, 11) is 1.73. The zero-order valence-corrected chi connectivity index (χ0v) is 11.8. The van der Waals surface area contributed by atoms with Crippen molar-refractivity contribution in [1.82, 2.24) is 15.5 Å². The quantitative estimate of drug-likeness (QED) is 0.878. The summed E-state index contributed by atoms with van der Waals surface area (Å²) < 4.78 is 0. The van der Waals surface area contributed by atoms with Gasteiger partial charge in [0.15, 0.2) is 0 Å². The molecule has 1 aromatic carbocycles. The van der Waals surface area contributed by atoms with Gasteiger partial charge in [-0.1, -0.05) is 30.3 Å². The minimum atomic E-state index is -0.414. The number of nitrogens with one attached hydrogen (secondary N) is 2. The highest BCUT2D eigenvalue weighted by Crippen LogP contribution is 2.07. The molecule has 0 bridgehead atoms. The monoisotopic (exact) mass is 275 g/mol. The molecule has 20 heavy (non-hydrogen) atoms. The molecule has 2 N–H and O–H groups in total. The molecule has 5 nitrogen and oxygen atoms in total. The molecule has 5 heteroatoms. The van der Waals surface area contributed by atoms with Gasteiger partial charge in [-0.25, -0.2) is 4.79 Å². The Balaban J connectivity index is 1.88. The van der Waals surface area contributed by atoms with E-state index in [4.69, 9.17) is 0 Å². The van der Waals surface area contributed by atoms with E-state index in [1.807, 2.05) is 30.3 Å². The van der Waals surface area contributed by atoms with E-state index in [0.717, 1.165) is 18.4 Å². The second-order valence-corrected chi connectivity index (χ2v) is 5.13. The molecule has 2 rings (SSSR count). The molecule has 1 aliphatic rings. The molecule has 1 saturated heterocycles. The van der Waals surface area contributed by atoms with Crippen LogP contribution in [0.2, 0.25) is 0 Å². The molecule has 1 aromatic rings. The van der Waals surface area contributed by atoms with E-state index in [-0.39, 0.29) is 11.9 Å². The summed E-state index contributed by atoms with van der Waals surface area (Å²) in [6.07, 6.45) is 2.63. The first-order chi connectivity index (χ1) is 9.66. The van der Waals surface area contributed by atoms with Crippen LogP contribution in [0.1, 0.15) is 24.8 Å². The fourth-order valence-electron chi connectivity index (χ4n) is 2.27. The minimum absolute atomic E-state index is 0.0797. The van der Waals surface area contributed by atoms with Gasteiger partial charge in [0.05, 0.1) is 0 Å². The molecule has 0 aromatic heterocycles. The van der Waals surface area contributed by atoms with Gasteiger partial charge in [0.2, 0.25) is 5.91 Å². The van der Waals surface area contributed by atoms with Crippen molar-refractivity contribution in [2.75, 3.05) is 13.6 Å². The lowest BCUT2D eigenvalue weighted by Crippen LogP contribution is -2.49. The van der Waals surface area contributed by atoms with Gasteiger partial charge in [-0.2, -0.15) is 0 Å². The summed E-state index contributed by atoms with van der Waals surface area (Å²) in [5, 5.41) is 5.62. The zero-order valence-electron chi connectivity index (χ0n) is 11.8. The molecule has 0 spiro atoms. The lowest BCUT2D eigenvalue weighted by Gasteiger charge is -2.22. The third kappa shape index (κ3) is 3.98. The van der Waals surface area contributed by atoms with E-state index in [1.54, 1.807) is 11.9 Å². The van der Waals surface area contributed by atoms with Crippen molar-refractivity contribution in [3.05, 3.63) is 35.9 Å². The van der Waals surface area contributed by atoms with Crippen LogP contribution in [0.15, 0.2) is 30.3 Å². The van der Waals surface area contributed by atoms with E-state index < -0.39 is 6.04 Å². The lowest BCUT2D eigenvalue weighted by atomic mass is 10.1. The van der Waals surface area contributed by atoms with Gasteiger partial charge in [-0.15, -0.1) is 0 Å². The van der Waals surface area contributed by atoms with Crippen molar-refractivity contribution in [1.29, 1.82) is 0 Å². The van der Waals surface area contributed by atoms with Gasteiger partial charge in [-0.05, 0) is 24.8 Å². The highest BCUT2D eigenvalue weighted by atomic mass is 16.2. The molecule has 0 saturated carbocycles. The second-order valence-electron chi connectivity index (χ2n) is 5.13. The topological polar surface area (TPSA) is 61.4 Å². The number of hydrogen-bond acceptors (Lipinski definition) is 2. The van der Waals surface area contributed by atoms with Gasteiger partial charge in [0.25, 0.3) is 0 Å². The molecule has 108 valence electrons. The van der Waals surface area contributed by atoms with Crippen molar-refractivity contribution < 1.29 is 9.59 Å². The SMILES string of the molecule is CN(Cc1ccccc1)C(=O)N[C@H]1CCCCNC1=O. The molecule has 1 heterocycles. The highest BCUT2D eigenvalue weighted by Gasteiger charge is 2.23. The standard InChI is InChI=1S/C15H21N3O2/c1-18(11-12-7-3-2-4-8-12)15(20)17-13-9-5-6-10-16-14(13)19/h2-4,7-8,13H,5-6,9-11H2,1H3,(H,16,19)(H,17,20)/t13-/m0/s1. The van der Waals surface area contributed by atoms with Crippen LogP contribution in [0.4, 0.5) is 4.79 Å². The largest absolute Gasteiger partial charge is 0.354 e. The Morgan fingerprint density at radius 2 is 2.10 bits per heavy atom. The van der Waals surface area contributed by atoms with E-state index in [9.17, 15) is 9.59 Å². The number of nitrogens with zero attached hydrogens (tertiary/aromatic N) is 1. The number of rotatable bonds is 3. The van der Waals surface area contributed by atoms with Gasteiger partial charge in [0, 0.05) is 20.1 Å². The third-order valence-electron chi connectivity index (χ3n) is 3.44. The van der Waals surface area contributed by atoms with Crippen LogP contribution in [-0.4, -0.2) is 36.5 Å². The Kier molecular flexibility index (Phi) is 4.98. The Bertz CT molecular complexity index is 461. The first-order valence-corrected chi connectivity index (χ1v) is 7.00. The summed E-state index contributed by atoms with van der Waals surface area (Å²) in [6, 6.07) is 9.16. The first kappa shape index (κ1) is 14.4. The predicted octanol–water partition coefficient (Wildman–Crippen LogP) is 1.50. The van der Waals surface area contributed by atoms with Crippen molar-refractivity contribution >= 4 is 11.9 Å². The first-order valence-electron chi connectivity index (χ1n) is 7.00. The molecule has 1 atom stereocenters. The summed E-state index contributed by atoms with van der Waals surface area (Å²) in [5.74, 6) is -0.0797. The van der Waals surface area contributed by atoms with E-state index in [0.29, 0.717) is 19.5 Å². The predicted molar refractivity (Wildman–Crippen MR) is 77.1 cm³/mol. The maximum atomic E-state index is 12.1. The normalized spacial score (nSPS) is 18.9.